The summed E-state index contributed by atoms with van der Waals surface area (Å²) >= 11 is 1.19. The molecule has 0 saturated heterocycles. The molecule has 3 aromatic rings. The largest absolute Gasteiger partial charge is 0.451 e. The highest BCUT2D eigenvalue weighted by molar-refractivity contribution is 7.12. The lowest BCUT2D eigenvalue weighted by Gasteiger charge is -2.08. The molecule has 3 amide bonds. The van der Waals surface area contributed by atoms with Crippen molar-refractivity contribution in [2.75, 3.05) is 11.9 Å². The Hall–Kier alpha value is -3.52. The second-order valence-corrected chi connectivity index (χ2v) is 6.50. The van der Waals surface area contributed by atoms with Gasteiger partial charge in [0.05, 0.1) is 5.69 Å². The van der Waals surface area contributed by atoms with Crippen molar-refractivity contribution in [2.45, 2.75) is 0 Å². The molecular formula is C20H15FN2O4S. The molecule has 1 aromatic heterocycles. The number of imide groups is 1. The number of hydrogen-bond donors (Lipinski definition) is 2. The molecule has 0 radical (unpaired) electrons. The molecule has 8 heteroatoms. The molecule has 142 valence electrons. The van der Waals surface area contributed by atoms with Gasteiger partial charge >= 0.3 is 12.0 Å². The number of urea groups is 1. The van der Waals surface area contributed by atoms with Crippen LogP contribution in [0.4, 0.5) is 14.9 Å². The molecule has 6 nitrogen and oxygen atoms in total. The number of rotatable bonds is 5. The Kier molecular flexibility index (Phi) is 6.13. The van der Waals surface area contributed by atoms with Gasteiger partial charge in [-0.2, -0.15) is 0 Å². The van der Waals surface area contributed by atoms with Crippen molar-refractivity contribution in [3.8, 4) is 11.1 Å². The SMILES string of the molecule is O=C(COC(=O)c1sccc1-c1ccccc1)NC(=O)Nc1ccccc1F. The minimum absolute atomic E-state index is 0.0733. The zero-order valence-corrected chi connectivity index (χ0v) is 15.3. The van der Waals surface area contributed by atoms with E-state index >= 15 is 0 Å². The third kappa shape index (κ3) is 4.80. The normalized spacial score (nSPS) is 10.2. The van der Waals surface area contributed by atoms with Crippen LogP contribution in [0.25, 0.3) is 11.1 Å². The van der Waals surface area contributed by atoms with Gasteiger partial charge in [-0.25, -0.2) is 14.0 Å². The van der Waals surface area contributed by atoms with E-state index in [1.165, 1.54) is 35.6 Å². The average Bonchev–Trinajstić information content (AvgIpc) is 3.18. The van der Waals surface area contributed by atoms with E-state index in [0.29, 0.717) is 10.4 Å². The van der Waals surface area contributed by atoms with Crippen LogP contribution in [0.2, 0.25) is 0 Å². The van der Waals surface area contributed by atoms with Crippen LogP contribution < -0.4 is 10.6 Å². The molecule has 0 aliphatic heterocycles. The van der Waals surface area contributed by atoms with Crippen molar-refractivity contribution in [1.29, 1.82) is 0 Å². The van der Waals surface area contributed by atoms with Crippen LogP contribution in [-0.2, 0) is 9.53 Å². The Morgan fingerprint density at radius 1 is 0.964 bits per heavy atom. The number of carbonyl (C=O) groups excluding carboxylic acids is 3. The number of thiophene rings is 1. The lowest BCUT2D eigenvalue weighted by molar-refractivity contribution is -0.123. The predicted octanol–water partition coefficient (Wildman–Crippen LogP) is 4.06. The minimum Gasteiger partial charge on any atom is -0.451 e. The highest BCUT2D eigenvalue weighted by Crippen LogP contribution is 2.28. The zero-order valence-electron chi connectivity index (χ0n) is 14.5. The van der Waals surface area contributed by atoms with Gasteiger partial charge in [-0.1, -0.05) is 42.5 Å². The van der Waals surface area contributed by atoms with Gasteiger partial charge < -0.3 is 10.1 Å². The maximum Gasteiger partial charge on any atom is 0.349 e. The molecule has 1 heterocycles. The van der Waals surface area contributed by atoms with Gasteiger partial charge in [0.2, 0.25) is 0 Å². The molecule has 0 bridgehead atoms. The minimum atomic E-state index is -0.924. The van der Waals surface area contributed by atoms with Gasteiger partial charge in [-0.15, -0.1) is 11.3 Å². The van der Waals surface area contributed by atoms with Crippen LogP contribution >= 0.6 is 11.3 Å². The number of anilines is 1. The summed E-state index contributed by atoms with van der Waals surface area (Å²) in [7, 11) is 0. The first kappa shape index (κ1) is 19.2. The maximum atomic E-state index is 13.5. The summed E-state index contributed by atoms with van der Waals surface area (Å²) in [6.45, 7) is -0.643. The topological polar surface area (TPSA) is 84.5 Å². The number of ether oxygens (including phenoxy) is 1. The lowest BCUT2D eigenvalue weighted by Crippen LogP contribution is -2.37. The first-order chi connectivity index (χ1) is 13.5. The van der Waals surface area contributed by atoms with Gasteiger partial charge in [-0.3, -0.25) is 10.1 Å². The van der Waals surface area contributed by atoms with Crippen molar-refractivity contribution in [2.24, 2.45) is 0 Å². The lowest BCUT2D eigenvalue weighted by atomic mass is 10.1. The van der Waals surface area contributed by atoms with E-state index in [4.69, 9.17) is 4.74 Å². The molecule has 0 spiro atoms. The van der Waals surface area contributed by atoms with Gasteiger partial charge in [-0.05, 0) is 29.1 Å². The van der Waals surface area contributed by atoms with Crippen LogP contribution in [-0.4, -0.2) is 24.5 Å². The Labute approximate surface area is 164 Å². The van der Waals surface area contributed by atoms with E-state index in [1.54, 1.807) is 11.4 Å². The summed E-state index contributed by atoms with van der Waals surface area (Å²) in [5.41, 5.74) is 1.48. The van der Waals surface area contributed by atoms with E-state index < -0.39 is 30.3 Å². The summed E-state index contributed by atoms with van der Waals surface area (Å²) < 4.78 is 18.5. The molecular weight excluding hydrogens is 383 g/mol. The summed E-state index contributed by atoms with van der Waals surface area (Å²) in [4.78, 5) is 36.2. The smallest absolute Gasteiger partial charge is 0.349 e. The van der Waals surface area contributed by atoms with Crippen molar-refractivity contribution in [1.82, 2.24) is 5.32 Å². The number of halogens is 1. The Bertz CT molecular complexity index is 1000. The first-order valence-corrected chi connectivity index (χ1v) is 9.08. The van der Waals surface area contributed by atoms with E-state index in [-0.39, 0.29) is 5.69 Å². The van der Waals surface area contributed by atoms with Gasteiger partial charge in [0.1, 0.15) is 10.7 Å². The number of nitrogens with one attached hydrogen (secondary N) is 2. The molecule has 0 fully saturated rings. The van der Waals surface area contributed by atoms with Crippen molar-refractivity contribution in [3.05, 3.63) is 76.7 Å². The number of amides is 3. The van der Waals surface area contributed by atoms with Gasteiger partial charge in [0.15, 0.2) is 6.61 Å². The van der Waals surface area contributed by atoms with E-state index in [9.17, 15) is 18.8 Å². The molecule has 2 aromatic carbocycles. The first-order valence-electron chi connectivity index (χ1n) is 8.20. The average molecular weight is 398 g/mol. The number of carbonyl (C=O) groups is 3. The molecule has 0 aliphatic carbocycles. The van der Waals surface area contributed by atoms with Gasteiger partial charge in [0, 0.05) is 5.56 Å². The fourth-order valence-electron chi connectivity index (χ4n) is 2.39. The zero-order chi connectivity index (χ0) is 19.9. The molecule has 0 saturated carbocycles. The van der Waals surface area contributed by atoms with Crippen LogP contribution in [0.3, 0.4) is 0 Å². The fourth-order valence-corrected chi connectivity index (χ4v) is 3.20. The van der Waals surface area contributed by atoms with Crippen LogP contribution in [0.1, 0.15) is 9.67 Å². The van der Waals surface area contributed by atoms with Crippen LogP contribution in [0, 0.1) is 5.82 Å². The summed E-state index contributed by atoms with van der Waals surface area (Å²) in [6.07, 6.45) is 0. The number of esters is 1. The molecule has 2 N–H and O–H groups in total. The van der Waals surface area contributed by atoms with E-state index in [1.807, 2.05) is 35.6 Å². The van der Waals surface area contributed by atoms with E-state index in [0.717, 1.165) is 5.56 Å². The molecule has 0 unspecified atom stereocenters. The maximum absolute atomic E-state index is 13.5. The summed E-state index contributed by atoms with van der Waals surface area (Å²) in [5.74, 6) is -2.14. The van der Waals surface area contributed by atoms with Crippen molar-refractivity contribution < 1.29 is 23.5 Å². The second-order valence-electron chi connectivity index (χ2n) is 5.59. The second kappa shape index (κ2) is 8.92. The standard InChI is InChI=1S/C20H15FN2O4S/c21-15-8-4-5-9-16(15)22-20(26)23-17(24)12-27-19(25)18-14(10-11-28-18)13-6-2-1-3-7-13/h1-11H,12H2,(H2,22,23,24,26). The monoisotopic (exact) mass is 398 g/mol. The van der Waals surface area contributed by atoms with Crippen LogP contribution in [0.15, 0.2) is 66.0 Å². The van der Waals surface area contributed by atoms with Crippen molar-refractivity contribution >= 4 is 34.9 Å². The molecule has 0 atom stereocenters. The third-order valence-corrected chi connectivity index (χ3v) is 4.54. The third-order valence-electron chi connectivity index (χ3n) is 3.64. The number of para-hydroxylation sites is 1. The molecule has 0 aliphatic rings. The number of benzene rings is 2. The highest BCUT2D eigenvalue weighted by Gasteiger charge is 2.18. The van der Waals surface area contributed by atoms with E-state index in [2.05, 4.69) is 5.32 Å². The Morgan fingerprint density at radius 3 is 2.43 bits per heavy atom. The highest BCUT2D eigenvalue weighted by atomic mass is 32.1. The Morgan fingerprint density at radius 2 is 1.68 bits per heavy atom. The predicted molar refractivity (Wildman–Crippen MR) is 104 cm³/mol. The van der Waals surface area contributed by atoms with Gasteiger partial charge in [0.25, 0.3) is 5.91 Å². The Balaban J connectivity index is 1.54. The number of hydrogen-bond acceptors (Lipinski definition) is 5. The molecule has 28 heavy (non-hydrogen) atoms. The van der Waals surface area contributed by atoms with Crippen LogP contribution in [0.5, 0.6) is 0 Å². The van der Waals surface area contributed by atoms with Crippen molar-refractivity contribution in [3.63, 3.8) is 0 Å². The quantitative estimate of drug-likeness (QED) is 0.635. The summed E-state index contributed by atoms with van der Waals surface area (Å²) in [6, 6.07) is 15.7. The molecule has 3 rings (SSSR count). The summed E-state index contributed by atoms with van der Waals surface area (Å²) in [5, 5.41) is 5.93. The fraction of sp³-hybridized carbons (Fsp3) is 0.0500.